The second-order valence-electron chi connectivity index (χ2n) is 4.27. The molecule has 1 aliphatic rings. The average molecular weight is 239 g/mol. The van der Waals surface area contributed by atoms with Crippen LogP contribution in [-0.4, -0.2) is 32.0 Å². The molecule has 5 heteroatoms. The predicted molar refractivity (Wildman–Crippen MR) is 56.4 cm³/mol. The van der Waals surface area contributed by atoms with Gasteiger partial charge in [0.05, 0.1) is 0 Å². The van der Waals surface area contributed by atoms with E-state index in [-0.39, 0.29) is 13.0 Å². The van der Waals surface area contributed by atoms with E-state index < -0.39 is 12.6 Å². The fourth-order valence-corrected chi connectivity index (χ4v) is 1.87. The lowest BCUT2D eigenvalue weighted by atomic mass is 10.0. The topological polar surface area (TPSA) is 21.3 Å². The van der Waals surface area contributed by atoms with Crippen LogP contribution in [0.5, 0.6) is 0 Å². The number of alkyl halides is 3. The zero-order chi connectivity index (χ0) is 11.9. The van der Waals surface area contributed by atoms with Gasteiger partial charge in [-0.05, 0) is 32.2 Å². The maximum absolute atomic E-state index is 11.8. The Morgan fingerprint density at radius 2 is 2.00 bits per heavy atom. The third-order valence-electron chi connectivity index (χ3n) is 2.77. The fraction of sp³-hybridized carbons (Fsp3) is 1.00. The molecule has 1 atom stereocenters. The molecule has 1 unspecified atom stereocenters. The second-order valence-corrected chi connectivity index (χ2v) is 4.27. The minimum Gasteiger partial charge on any atom is -0.381 e. The van der Waals surface area contributed by atoms with Crippen molar-refractivity contribution in [3.8, 4) is 0 Å². The van der Waals surface area contributed by atoms with Crippen molar-refractivity contribution in [3.05, 3.63) is 0 Å². The lowest BCUT2D eigenvalue weighted by Crippen LogP contribution is -2.34. The first-order chi connectivity index (χ1) is 7.58. The Hall–Kier alpha value is -0.290. The molecule has 0 spiro atoms. The van der Waals surface area contributed by atoms with E-state index in [1.807, 2.05) is 0 Å². The monoisotopic (exact) mass is 239 g/mol. The van der Waals surface area contributed by atoms with Crippen molar-refractivity contribution in [1.82, 2.24) is 5.32 Å². The van der Waals surface area contributed by atoms with Crippen LogP contribution in [0.25, 0.3) is 0 Å². The number of rotatable bonds is 6. The minimum absolute atomic E-state index is 0.0710. The second kappa shape index (κ2) is 7.12. The van der Waals surface area contributed by atoms with Gasteiger partial charge >= 0.3 is 6.18 Å². The molecule has 0 aromatic heterocycles. The number of piperidine rings is 1. The molecule has 0 aliphatic carbocycles. The van der Waals surface area contributed by atoms with Crippen molar-refractivity contribution >= 4 is 0 Å². The van der Waals surface area contributed by atoms with Crippen molar-refractivity contribution in [2.24, 2.45) is 0 Å². The standard InChI is InChI=1S/C11H20F3NO/c12-11(13,14)6-3-8-16-9-5-10-4-1-2-7-15-10/h10,15H,1-9H2. The first-order valence-electron chi connectivity index (χ1n) is 5.96. The van der Waals surface area contributed by atoms with Crippen LogP contribution in [0.3, 0.4) is 0 Å². The molecular formula is C11H20F3NO. The van der Waals surface area contributed by atoms with E-state index in [4.69, 9.17) is 4.74 Å². The SMILES string of the molecule is FC(F)(F)CCCOCCC1CCCCN1. The molecule has 2 nitrogen and oxygen atoms in total. The molecule has 16 heavy (non-hydrogen) atoms. The summed E-state index contributed by atoms with van der Waals surface area (Å²) in [6.07, 6.45) is -0.183. The van der Waals surface area contributed by atoms with Crippen molar-refractivity contribution in [2.45, 2.75) is 50.7 Å². The number of halogens is 3. The Labute approximate surface area is 94.5 Å². The predicted octanol–water partition coefficient (Wildman–Crippen LogP) is 2.88. The van der Waals surface area contributed by atoms with E-state index in [0.29, 0.717) is 12.6 Å². The van der Waals surface area contributed by atoms with Crippen molar-refractivity contribution < 1.29 is 17.9 Å². The van der Waals surface area contributed by atoms with Gasteiger partial charge in [-0.1, -0.05) is 6.42 Å². The largest absolute Gasteiger partial charge is 0.389 e. The molecule has 0 saturated carbocycles. The Kier molecular flexibility index (Phi) is 6.13. The lowest BCUT2D eigenvalue weighted by Gasteiger charge is -2.23. The first kappa shape index (κ1) is 13.8. The van der Waals surface area contributed by atoms with Gasteiger partial charge in [0.2, 0.25) is 0 Å². The highest BCUT2D eigenvalue weighted by molar-refractivity contribution is 4.71. The van der Waals surface area contributed by atoms with E-state index in [1.165, 1.54) is 12.8 Å². The number of nitrogens with one attached hydrogen (secondary N) is 1. The smallest absolute Gasteiger partial charge is 0.381 e. The van der Waals surface area contributed by atoms with Crippen molar-refractivity contribution in [1.29, 1.82) is 0 Å². The summed E-state index contributed by atoms with van der Waals surface area (Å²) in [5.41, 5.74) is 0. The molecule has 1 rings (SSSR count). The number of hydrogen-bond donors (Lipinski definition) is 1. The summed E-state index contributed by atoms with van der Waals surface area (Å²) in [5.74, 6) is 0. The maximum atomic E-state index is 11.8. The molecule has 0 aromatic rings. The summed E-state index contributed by atoms with van der Waals surface area (Å²) >= 11 is 0. The number of ether oxygens (including phenoxy) is 1. The summed E-state index contributed by atoms with van der Waals surface area (Å²) in [6, 6.07) is 0.497. The molecular weight excluding hydrogens is 219 g/mol. The molecule has 1 fully saturated rings. The van der Waals surface area contributed by atoms with Crippen LogP contribution in [0.1, 0.15) is 38.5 Å². The lowest BCUT2D eigenvalue weighted by molar-refractivity contribution is -0.137. The summed E-state index contributed by atoms with van der Waals surface area (Å²) in [7, 11) is 0. The quantitative estimate of drug-likeness (QED) is 0.720. The average Bonchev–Trinajstić information content (AvgIpc) is 2.23. The van der Waals surface area contributed by atoms with Gasteiger partial charge in [-0.25, -0.2) is 0 Å². The summed E-state index contributed by atoms with van der Waals surface area (Å²) in [4.78, 5) is 0. The third-order valence-corrected chi connectivity index (χ3v) is 2.77. The van der Waals surface area contributed by atoms with E-state index in [0.717, 1.165) is 19.4 Å². The van der Waals surface area contributed by atoms with Crippen LogP contribution >= 0.6 is 0 Å². The Morgan fingerprint density at radius 1 is 1.19 bits per heavy atom. The first-order valence-corrected chi connectivity index (χ1v) is 5.96. The van der Waals surface area contributed by atoms with E-state index >= 15 is 0 Å². The highest BCUT2D eigenvalue weighted by Gasteiger charge is 2.25. The maximum Gasteiger partial charge on any atom is 0.389 e. The third kappa shape index (κ3) is 7.06. The van der Waals surface area contributed by atoms with Gasteiger partial charge in [0, 0.05) is 25.7 Å². The Morgan fingerprint density at radius 3 is 2.62 bits per heavy atom. The van der Waals surface area contributed by atoms with Crippen molar-refractivity contribution in [2.75, 3.05) is 19.8 Å². The molecule has 0 amide bonds. The van der Waals surface area contributed by atoms with Gasteiger partial charge in [-0.15, -0.1) is 0 Å². The molecule has 0 aromatic carbocycles. The molecule has 1 N–H and O–H groups in total. The zero-order valence-corrected chi connectivity index (χ0v) is 9.48. The molecule has 0 bridgehead atoms. The van der Waals surface area contributed by atoms with Gasteiger partial charge in [-0.3, -0.25) is 0 Å². The van der Waals surface area contributed by atoms with Crippen LogP contribution in [0.15, 0.2) is 0 Å². The fourth-order valence-electron chi connectivity index (χ4n) is 1.87. The molecule has 1 heterocycles. The summed E-state index contributed by atoms with van der Waals surface area (Å²) < 4.78 is 40.6. The Bertz CT molecular complexity index is 179. The summed E-state index contributed by atoms with van der Waals surface area (Å²) in [5, 5.41) is 3.37. The van der Waals surface area contributed by atoms with Gasteiger partial charge in [-0.2, -0.15) is 13.2 Å². The Balaban J connectivity index is 1.87. The van der Waals surface area contributed by atoms with Crippen LogP contribution < -0.4 is 5.32 Å². The minimum atomic E-state index is -4.05. The molecule has 1 aliphatic heterocycles. The van der Waals surface area contributed by atoms with Crippen LogP contribution in [0, 0.1) is 0 Å². The normalized spacial score (nSPS) is 22.3. The van der Waals surface area contributed by atoms with E-state index in [9.17, 15) is 13.2 Å². The van der Waals surface area contributed by atoms with Gasteiger partial charge in [0.1, 0.15) is 0 Å². The van der Waals surface area contributed by atoms with Gasteiger partial charge in [0.15, 0.2) is 0 Å². The van der Waals surface area contributed by atoms with Crippen LogP contribution in [-0.2, 0) is 4.74 Å². The van der Waals surface area contributed by atoms with E-state index in [1.54, 1.807) is 0 Å². The number of hydrogen-bond acceptors (Lipinski definition) is 2. The molecule has 0 radical (unpaired) electrons. The van der Waals surface area contributed by atoms with Gasteiger partial charge in [0.25, 0.3) is 0 Å². The molecule has 96 valence electrons. The highest BCUT2D eigenvalue weighted by Crippen LogP contribution is 2.21. The van der Waals surface area contributed by atoms with Crippen LogP contribution in [0.4, 0.5) is 13.2 Å². The van der Waals surface area contributed by atoms with Crippen LogP contribution in [0.2, 0.25) is 0 Å². The zero-order valence-electron chi connectivity index (χ0n) is 9.48. The van der Waals surface area contributed by atoms with Crippen molar-refractivity contribution in [3.63, 3.8) is 0 Å². The summed E-state index contributed by atoms with van der Waals surface area (Å²) in [6.45, 7) is 1.83. The van der Waals surface area contributed by atoms with Gasteiger partial charge < -0.3 is 10.1 Å². The highest BCUT2D eigenvalue weighted by atomic mass is 19.4. The molecule has 1 saturated heterocycles. The van der Waals surface area contributed by atoms with E-state index in [2.05, 4.69) is 5.32 Å².